The molecule has 1 aliphatic rings. The summed E-state index contributed by atoms with van der Waals surface area (Å²) in [7, 11) is 1.61. The largest absolute Gasteiger partial charge is 0.383 e. The third-order valence-corrected chi connectivity index (χ3v) is 4.40. The van der Waals surface area contributed by atoms with E-state index in [1.54, 1.807) is 18.1 Å². The molecule has 25 heavy (non-hydrogen) atoms. The smallest absolute Gasteiger partial charge is 0.255 e. The summed E-state index contributed by atoms with van der Waals surface area (Å²) < 4.78 is 5.05. The number of nitrogens with zero attached hydrogens (tertiary/aromatic N) is 1. The van der Waals surface area contributed by atoms with Crippen LogP contribution in [0.3, 0.4) is 0 Å². The maximum absolute atomic E-state index is 12.6. The van der Waals surface area contributed by atoms with Crippen molar-refractivity contribution in [3.8, 4) is 0 Å². The van der Waals surface area contributed by atoms with Crippen LogP contribution in [0.25, 0.3) is 0 Å². The van der Waals surface area contributed by atoms with Crippen molar-refractivity contribution in [1.29, 1.82) is 0 Å². The predicted molar refractivity (Wildman–Crippen MR) is 95.4 cm³/mol. The summed E-state index contributed by atoms with van der Waals surface area (Å²) >= 11 is 0. The molecule has 1 heterocycles. The Morgan fingerprint density at radius 2 is 1.96 bits per heavy atom. The zero-order chi connectivity index (χ0) is 17.8. The fraction of sp³-hybridized carbons (Fsp3) is 0.300. The van der Waals surface area contributed by atoms with Gasteiger partial charge in [-0.3, -0.25) is 9.59 Å². The first-order valence-corrected chi connectivity index (χ1v) is 8.34. The van der Waals surface area contributed by atoms with E-state index in [2.05, 4.69) is 5.32 Å². The van der Waals surface area contributed by atoms with Gasteiger partial charge in [0.05, 0.1) is 17.7 Å². The topological polar surface area (TPSA) is 58.6 Å². The van der Waals surface area contributed by atoms with Crippen molar-refractivity contribution in [2.45, 2.75) is 20.0 Å². The molecule has 5 nitrogen and oxygen atoms in total. The van der Waals surface area contributed by atoms with E-state index in [0.29, 0.717) is 37.4 Å². The van der Waals surface area contributed by atoms with Gasteiger partial charge in [-0.05, 0) is 24.1 Å². The van der Waals surface area contributed by atoms with Crippen molar-refractivity contribution in [2.75, 3.05) is 20.3 Å². The van der Waals surface area contributed by atoms with Crippen molar-refractivity contribution in [3.05, 3.63) is 70.3 Å². The van der Waals surface area contributed by atoms with Crippen LogP contribution in [0.15, 0.2) is 42.5 Å². The lowest BCUT2D eigenvalue weighted by Crippen LogP contribution is -2.29. The van der Waals surface area contributed by atoms with Crippen molar-refractivity contribution in [3.63, 3.8) is 0 Å². The van der Waals surface area contributed by atoms with Gasteiger partial charge in [0.25, 0.3) is 11.8 Å². The highest BCUT2D eigenvalue weighted by Gasteiger charge is 2.31. The van der Waals surface area contributed by atoms with Gasteiger partial charge in [-0.2, -0.15) is 0 Å². The molecule has 0 saturated heterocycles. The maximum Gasteiger partial charge on any atom is 0.255 e. The number of ether oxygens (including phenoxy) is 1. The van der Waals surface area contributed by atoms with Crippen LogP contribution in [0.2, 0.25) is 0 Å². The average molecular weight is 338 g/mol. The van der Waals surface area contributed by atoms with Crippen molar-refractivity contribution >= 4 is 11.8 Å². The third kappa shape index (κ3) is 3.72. The fourth-order valence-corrected chi connectivity index (χ4v) is 2.97. The van der Waals surface area contributed by atoms with Gasteiger partial charge in [0, 0.05) is 26.7 Å². The molecule has 0 fully saturated rings. The summed E-state index contributed by atoms with van der Waals surface area (Å²) in [5, 5.41) is 2.91. The van der Waals surface area contributed by atoms with Gasteiger partial charge in [0.2, 0.25) is 0 Å². The second-order valence-corrected chi connectivity index (χ2v) is 6.23. The second-order valence-electron chi connectivity index (χ2n) is 6.23. The number of carbonyl (C=O) groups excluding carboxylic acids is 2. The minimum Gasteiger partial charge on any atom is -0.383 e. The molecule has 1 aliphatic heterocycles. The summed E-state index contributed by atoms with van der Waals surface area (Å²) in [4.78, 5) is 26.9. The van der Waals surface area contributed by atoms with E-state index in [1.807, 2.05) is 43.3 Å². The Labute approximate surface area is 147 Å². The molecule has 0 saturated carbocycles. The third-order valence-electron chi connectivity index (χ3n) is 4.40. The number of fused-ring (bicyclic) bond motifs is 1. The molecule has 5 heteroatoms. The second kappa shape index (κ2) is 7.49. The van der Waals surface area contributed by atoms with Gasteiger partial charge in [-0.25, -0.2) is 0 Å². The molecule has 0 atom stereocenters. The molecule has 0 radical (unpaired) electrons. The van der Waals surface area contributed by atoms with E-state index in [0.717, 1.165) is 11.1 Å². The number of hydrogen-bond acceptors (Lipinski definition) is 3. The molecule has 2 aromatic rings. The predicted octanol–water partition coefficient (Wildman–Crippen LogP) is 2.53. The van der Waals surface area contributed by atoms with Crippen LogP contribution in [0, 0.1) is 6.92 Å². The Kier molecular flexibility index (Phi) is 5.14. The molecule has 0 bridgehead atoms. The van der Waals surface area contributed by atoms with E-state index in [4.69, 9.17) is 4.74 Å². The van der Waals surface area contributed by atoms with E-state index < -0.39 is 0 Å². The first kappa shape index (κ1) is 17.2. The van der Waals surface area contributed by atoms with Crippen molar-refractivity contribution < 1.29 is 14.3 Å². The molecule has 0 spiro atoms. The zero-order valence-electron chi connectivity index (χ0n) is 14.5. The van der Waals surface area contributed by atoms with Gasteiger partial charge < -0.3 is 15.0 Å². The Hall–Kier alpha value is -2.66. The van der Waals surface area contributed by atoms with E-state index in [9.17, 15) is 9.59 Å². The van der Waals surface area contributed by atoms with Crippen LogP contribution < -0.4 is 5.32 Å². The normalized spacial score (nSPS) is 13.0. The first-order chi connectivity index (χ1) is 12.1. The first-order valence-electron chi connectivity index (χ1n) is 8.34. The summed E-state index contributed by atoms with van der Waals surface area (Å²) in [5.74, 6) is -0.326. The highest BCUT2D eigenvalue weighted by Crippen LogP contribution is 2.26. The number of aryl methyl sites for hydroxylation is 1. The Morgan fingerprint density at radius 1 is 1.20 bits per heavy atom. The highest BCUT2D eigenvalue weighted by molar-refractivity contribution is 6.09. The van der Waals surface area contributed by atoms with Gasteiger partial charge in [0.15, 0.2) is 0 Å². The molecule has 1 N–H and O–H groups in total. The SMILES string of the molecule is COCCN1Cc2cccc(C(=O)NCc3ccc(C)cc3)c2C1=O. The lowest BCUT2D eigenvalue weighted by Gasteiger charge is -2.14. The van der Waals surface area contributed by atoms with Crippen molar-refractivity contribution in [2.24, 2.45) is 0 Å². The lowest BCUT2D eigenvalue weighted by atomic mass is 10.0. The maximum atomic E-state index is 12.6. The van der Waals surface area contributed by atoms with E-state index in [1.165, 1.54) is 5.56 Å². The van der Waals surface area contributed by atoms with Gasteiger partial charge >= 0.3 is 0 Å². The number of methoxy groups -OCH3 is 1. The standard InChI is InChI=1S/C20H22N2O3/c1-14-6-8-15(9-7-14)12-21-19(23)17-5-3-4-16-13-22(10-11-25-2)20(24)18(16)17/h3-9H,10-13H2,1-2H3,(H,21,23). The number of hydrogen-bond donors (Lipinski definition) is 1. The molecule has 2 amide bonds. The molecule has 2 aromatic carbocycles. The average Bonchev–Trinajstić information content (AvgIpc) is 2.95. The monoisotopic (exact) mass is 338 g/mol. The minimum atomic E-state index is -0.223. The number of rotatable bonds is 6. The zero-order valence-corrected chi connectivity index (χ0v) is 14.5. The quantitative estimate of drug-likeness (QED) is 0.880. The van der Waals surface area contributed by atoms with Crippen LogP contribution in [-0.4, -0.2) is 37.0 Å². The summed E-state index contributed by atoms with van der Waals surface area (Å²) in [6.45, 7) is 3.99. The molecular formula is C20H22N2O3. The number of benzene rings is 2. The Bertz CT molecular complexity index is 784. The molecule has 0 unspecified atom stereocenters. The van der Waals surface area contributed by atoms with Crippen LogP contribution in [0.1, 0.15) is 37.4 Å². The fourth-order valence-electron chi connectivity index (χ4n) is 2.97. The lowest BCUT2D eigenvalue weighted by molar-refractivity contribution is 0.0715. The molecular weight excluding hydrogens is 316 g/mol. The van der Waals surface area contributed by atoms with E-state index >= 15 is 0 Å². The molecule has 0 aliphatic carbocycles. The van der Waals surface area contributed by atoms with E-state index in [-0.39, 0.29) is 11.8 Å². The summed E-state index contributed by atoms with van der Waals surface area (Å²) in [5.41, 5.74) is 4.05. The molecule has 0 aromatic heterocycles. The van der Waals surface area contributed by atoms with Crippen LogP contribution in [-0.2, 0) is 17.8 Å². The van der Waals surface area contributed by atoms with Crippen LogP contribution in [0.5, 0.6) is 0 Å². The summed E-state index contributed by atoms with van der Waals surface area (Å²) in [6.07, 6.45) is 0. The molecule has 3 rings (SSSR count). The minimum absolute atomic E-state index is 0.104. The highest BCUT2D eigenvalue weighted by atomic mass is 16.5. The van der Waals surface area contributed by atoms with Gasteiger partial charge in [-0.1, -0.05) is 42.0 Å². The number of amides is 2. The van der Waals surface area contributed by atoms with Crippen molar-refractivity contribution in [1.82, 2.24) is 10.2 Å². The van der Waals surface area contributed by atoms with Crippen LogP contribution in [0.4, 0.5) is 0 Å². The van der Waals surface area contributed by atoms with Gasteiger partial charge in [0.1, 0.15) is 0 Å². The van der Waals surface area contributed by atoms with Crippen LogP contribution >= 0.6 is 0 Å². The molecule has 130 valence electrons. The number of nitrogens with one attached hydrogen (secondary N) is 1. The van der Waals surface area contributed by atoms with Gasteiger partial charge in [-0.15, -0.1) is 0 Å². The number of carbonyl (C=O) groups is 2. The Morgan fingerprint density at radius 3 is 2.68 bits per heavy atom. The summed E-state index contributed by atoms with van der Waals surface area (Å²) in [6, 6.07) is 13.4. The Balaban J connectivity index is 1.73.